The van der Waals surface area contributed by atoms with Crippen LogP contribution in [0.1, 0.15) is 26.7 Å². The molecule has 0 aromatic carbocycles. The number of piperazine rings is 1. The van der Waals surface area contributed by atoms with Crippen LogP contribution in [0.4, 0.5) is 0 Å². The molecule has 2 unspecified atom stereocenters. The molecule has 0 aromatic heterocycles. The third kappa shape index (κ3) is 2.16. The van der Waals surface area contributed by atoms with Crippen LogP contribution < -0.4 is 5.32 Å². The molecule has 0 aromatic rings. The average molecular weight is 240 g/mol. The lowest BCUT2D eigenvalue weighted by molar-refractivity contribution is -0.153. The third-order valence-corrected chi connectivity index (χ3v) is 3.75. The Kier molecular flexibility index (Phi) is 3.12. The Morgan fingerprint density at radius 1 is 1.53 bits per heavy atom. The number of ether oxygens (including phenoxy) is 1. The van der Waals surface area contributed by atoms with E-state index in [0.717, 1.165) is 12.8 Å². The lowest BCUT2D eigenvalue weighted by Crippen LogP contribution is -2.68. The fraction of sp³-hybridized carbons (Fsp3) is 0.833. The van der Waals surface area contributed by atoms with E-state index < -0.39 is 5.54 Å². The summed E-state index contributed by atoms with van der Waals surface area (Å²) in [5.74, 6) is 0.266. The van der Waals surface area contributed by atoms with Gasteiger partial charge in [-0.25, -0.2) is 0 Å². The van der Waals surface area contributed by atoms with Crippen molar-refractivity contribution in [3.8, 4) is 0 Å². The zero-order valence-electron chi connectivity index (χ0n) is 10.7. The van der Waals surface area contributed by atoms with Crippen molar-refractivity contribution in [2.45, 2.75) is 38.3 Å². The molecule has 5 nitrogen and oxygen atoms in total. The van der Waals surface area contributed by atoms with Gasteiger partial charge >= 0.3 is 0 Å². The van der Waals surface area contributed by atoms with Gasteiger partial charge in [-0.1, -0.05) is 0 Å². The van der Waals surface area contributed by atoms with Gasteiger partial charge in [0.05, 0.1) is 19.2 Å². The largest absolute Gasteiger partial charge is 0.383 e. The Morgan fingerprint density at radius 2 is 2.18 bits per heavy atom. The SMILES string of the molecule is COCC(C)N1CC(=O)NC(C)(C2CC2)C1=O. The van der Waals surface area contributed by atoms with E-state index in [0.29, 0.717) is 12.5 Å². The predicted octanol–water partition coefficient (Wildman–Crippen LogP) is 0.148. The highest BCUT2D eigenvalue weighted by atomic mass is 16.5. The van der Waals surface area contributed by atoms with Gasteiger partial charge in [0.2, 0.25) is 11.8 Å². The second-order valence-corrected chi connectivity index (χ2v) is 5.26. The molecule has 96 valence electrons. The van der Waals surface area contributed by atoms with Crippen LogP contribution >= 0.6 is 0 Å². The molecular formula is C12H20N2O3. The smallest absolute Gasteiger partial charge is 0.249 e. The molecular weight excluding hydrogens is 220 g/mol. The third-order valence-electron chi connectivity index (χ3n) is 3.75. The second kappa shape index (κ2) is 4.29. The van der Waals surface area contributed by atoms with Crippen molar-refractivity contribution in [1.29, 1.82) is 0 Å². The van der Waals surface area contributed by atoms with Crippen LogP contribution in [0.3, 0.4) is 0 Å². The average Bonchev–Trinajstić information content (AvgIpc) is 3.07. The minimum Gasteiger partial charge on any atom is -0.383 e. The molecule has 5 heteroatoms. The van der Waals surface area contributed by atoms with Gasteiger partial charge in [-0.3, -0.25) is 9.59 Å². The van der Waals surface area contributed by atoms with Crippen LogP contribution in [0.15, 0.2) is 0 Å². The van der Waals surface area contributed by atoms with E-state index in [2.05, 4.69) is 5.32 Å². The number of hydrogen-bond donors (Lipinski definition) is 1. The molecule has 17 heavy (non-hydrogen) atoms. The number of carbonyl (C=O) groups excluding carboxylic acids is 2. The molecule has 1 aliphatic carbocycles. The van der Waals surface area contributed by atoms with Gasteiger partial charge in [-0.2, -0.15) is 0 Å². The number of hydrogen-bond acceptors (Lipinski definition) is 3. The predicted molar refractivity (Wildman–Crippen MR) is 62.3 cm³/mol. The van der Waals surface area contributed by atoms with E-state index in [1.165, 1.54) is 0 Å². The maximum Gasteiger partial charge on any atom is 0.249 e. The number of rotatable bonds is 4. The zero-order chi connectivity index (χ0) is 12.6. The summed E-state index contributed by atoms with van der Waals surface area (Å²) >= 11 is 0. The fourth-order valence-electron chi connectivity index (χ4n) is 2.53. The van der Waals surface area contributed by atoms with Crippen molar-refractivity contribution in [2.24, 2.45) is 5.92 Å². The first-order valence-electron chi connectivity index (χ1n) is 6.10. The quantitative estimate of drug-likeness (QED) is 0.761. The Morgan fingerprint density at radius 3 is 2.71 bits per heavy atom. The number of amides is 2. The molecule has 1 saturated carbocycles. The molecule has 0 bridgehead atoms. The highest BCUT2D eigenvalue weighted by molar-refractivity contribution is 5.98. The van der Waals surface area contributed by atoms with Crippen molar-refractivity contribution in [1.82, 2.24) is 10.2 Å². The highest BCUT2D eigenvalue weighted by Crippen LogP contribution is 2.41. The van der Waals surface area contributed by atoms with Crippen LogP contribution in [0.25, 0.3) is 0 Å². The summed E-state index contributed by atoms with van der Waals surface area (Å²) in [7, 11) is 1.60. The van der Waals surface area contributed by atoms with E-state index in [9.17, 15) is 9.59 Å². The first kappa shape index (κ1) is 12.4. The number of methoxy groups -OCH3 is 1. The summed E-state index contributed by atoms with van der Waals surface area (Å²) in [6.45, 7) is 4.36. The topological polar surface area (TPSA) is 58.6 Å². The minimum absolute atomic E-state index is 0.0316. The first-order valence-corrected chi connectivity index (χ1v) is 6.10. The van der Waals surface area contributed by atoms with Crippen molar-refractivity contribution in [2.75, 3.05) is 20.3 Å². The molecule has 2 rings (SSSR count). The number of nitrogens with zero attached hydrogens (tertiary/aromatic N) is 1. The van der Waals surface area contributed by atoms with Gasteiger partial charge in [0.1, 0.15) is 5.54 Å². The summed E-state index contributed by atoms with van der Waals surface area (Å²) in [6, 6.07) is -0.0587. The molecule has 2 amide bonds. The van der Waals surface area contributed by atoms with Gasteiger partial charge in [-0.15, -0.1) is 0 Å². The van der Waals surface area contributed by atoms with E-state index >= 15 is 0 Å². The van der Waals surface area contributed by atoms with E-state index in [-0.39, 0.29) is 24.4 Å². The molecule has 2 aliphatic rings. The highest BCUT2D eigenvalue weighted by Gasteiger charge is 2.53. The van der Waals surface area contributed by atoms with Crippen LogP contribution in [0.2, 0.25) is 0 Å². The summed E-state index contributed by atoms with van der Waals surface area (Å²) in [5.41, 5.74) is -0.697. The molecule has 1 aliphatic heterocycles. The molecule has 0 spiro atoms. The van der Waals surface area contributed by atoms with Crippen LogP contribution in [0, 0.1) is 5.92 Å². The molecule has 0 radical (unpaired) electrons. The normalized spacial score (nSPS) is 31.4. The maximum atomic E-state index is 12.4. The van der Waals surface area contributed by atoms with Crippen LogP contribution in [-0.2, 0) is 14.3 Å². The Balaban J connectivity index is 2.16. The molecule has 1 N–H and O–H groups in total. The van der Waals surface area contributed by atoms with Crippen molar-refractivity contribution in [3.05, 3.63) is 0 Å². The second-order valence-electron chi connectivity index (χ2n) is 5.26. The van der Waals surface area contributed by atoms with Crippen molar-refractivity contribution < 1.29 is 14.3 Å². The summed E-state index contributed by atoms with van der Waals surface area (Å²) in [4.78, 5) is 25.8. The summed E-state index contributed by atoms with van der Waals surface area (Å²) in [6.07, 6.45) is 2.05. The molecule has 2 atom stereocenters. The molecule has 1 heterocycles. The minimum atomic E-state index is -0.697. The molecule has 1 saturated heterocycles. The Labute approximate surface area is 101 Å². The zero-order valence-corrected chi connectivity index (χ0v) is 10.7. The van der Waals surface area contributed by atoms with E-state index in [4.69, 9.17) is 4.74 Å². The van der Waals surface area contributed by atoms with Gasteiger partial charge in [0, 0.05) is 7.11 Å². The Bertz CT molecular complexity index is 341. The van der Waals surface area contributed by atoms with Gasteiger partial charge in [0.25, 0.3) is 0 Å². The van der Waals surface area contributed by atoms with E-state index in [1.807, 2.05) is 13.8 Å². The lowest BCUT2D eigenvalue weighted by atomic mass is 9.91. The van der Waals surface area contributed by atoms with Crippen molar-refractivity contribution in [3.63, 3.8) is 0 Å². The lowest BCUT2D eigenvalue weighted by Gasteiger charge is -2.42. The standard InChI is InChI=1S/C12H20N2O3/c1-8(7-17-3)14-6-10(15)13-12(2,11(14)16)9-4-5-9/h8-9H,4-7H2,1-3H3,(H,13,15). The van der Waals surface area contributed by atoms with Gasteiger partial charge < -0.3 is 15.0 Å². The Hall–Kier alpha value is -1.10. The number of carbonyl (C=O) groups is 2. The van der Waals surface area contributed by atoms with Gasteiger partial charge in [0.15, 0.2) is 0 Å². The van der Waals surface area contributed by atoms with E-state index in [1.54, 1.807) is 12.0 Å². The van der Waals surface area contributed by atoms with Crippen molar-refractivity contribution >= 4 is 11.8 Å². The monoisotopic (exact) mass is 240 g/mol. The summed E-state index contributed by atoms with van der Waals surface area (Å²) < 4.78 is 5.06. The fourth-order valence-corrected chi connectivity index (χ4v) is 2.53. The van der Waals surface area contributed by atoms with Gasteiger partial charge in [-0.05, 0) is 32.6 Å². The van der Waals surface area contributed by atoms with Crippen LogP contribution in [-0.4, -0.2) is 48.6 Å². The number of nitrogens with one attached hydrogen (secondary N) is 1. The first-order chi connectivity index (χ1) is 7.99. The maximum absolute atomic E-state index is 12.4. The summed E-state index contributed by atoms with van der Waals surface area (Å²) in [5, 5.41) is 2.86. The molecule has 2 fully saturated rings. The van der Waals surface area contributed by atoms with Crippen LogP contribution in [0.5, 0.6) is 0 Å².